The molecule has 0 aromatic heterocycles. The van der Waals surface area contributed by atoms with E-state index in [1.165, 1.54) is 0 Å². The average molecular weight is 263 g/mol. The molecule has 0 saturated carbocycles. The van der Waals surface area contributed by atoms with Crippen molar-refractivity contribution in [3.05, 3.63) is 35.1 Å². The van der Waals surface area contributed by atoms with Crippen LogP contribution >= 0.6 is 0 Å². The van der Waals surface area contributed by atoms with Crippen molar-refractivity contribution in [2.24, 2.45) is 5.73 Å². The molecule has 1 fully saturated rings. The molecule has 0 unspecified atom stereocenters. The van der Waals surface area contributed by atoms with Gasteiger partial charge in [0.15, 0.2) is 0 Å². The predicted molar refractivity (Wildman–Crippen MR) is 57.3 cm³/mol. The third kappa shape index (κ3) is 2.49. The third-order valence-electron chi connectivity index (χ3n) is 3.22. The first-order valence-corrected chi connectivity index (χ1v) is 5.57. The Labute approximate surface area is 102 Å². The smallest absolute Gasteiger partial charge is 0.381 e. The summed E-state index contributed by atoms with van der Waals surface area (Å²) in [5, 5.41) is 0. The average Bonchev–Trinajstić information content (AvgIpc) is 2.28. The van der Waals surface area contributed by atoms with Crippen LogP contribution in [0.25, 0.3) is 0 Å². The van der Waals surface area contributed by atoms with Gasteiger partial charge in [-0.2, -0.15) is 13.2 Å². The van der Waals surface area contributed by atoms with Crippen LogP contribution in [-0.4, -0.2) is 13.2 Å². The van der Waals surface area contributed by atoms with E-state index in [4.69, 9.17) is 10.5 Å². The van der Waals surface area contributed by atoms with E-state index < -0.39 is 23.1 Å². The molecule has 1 heterocycles. The highest BCUT2D eigenvalue weighted by Crippen LogP contribution is 2.35. The van der Waals surface area contributed by atoms with Crippen LogP contribution in [0.2, 0.25) is 0 Å². The fourth-order valence-electron chi connectivity index (χ4n) is 2.10. The molecule has 6 heteroatoms. The van der Waals surface area contributed by atoms with E-state index in [2.05, 4.69) is 0 Å². The predicted octanol–water partition coefficient (Wildman–Crippen LogP) is 2.81. The molecule has 1 aliphatic rings. The summed E-state index contributed by atoms with van der Waals surface area (Å²) in [7, 11) is 0. The highest BCUT2D eigenvalue weighted by atomic mass is 19.4. The number of rotatable bonds is 1. The van der Waals surface area contributed by atoms with Gasteiger partial charge < -0.3 is 10.5 Å². The van der Waals surface area contributed by atoms with Gasteiger partial charge in [0.2, 0.25) is 0 Å². The van der Waals surface area contributed by atoms with Gasteiger partial charge in [0.1, 0.15) is 5.82 Å². The van der Waals surface area contributed by atoms with Gasteiger partial charge in [-0.25, -0.2) is 4.39 Å². The molecule has 18 heavy (non-hydrogen) atoms. The van der Waals surface area contributed by atoms with Crippen molar-refractivity contribution in [2.75, 3.05) is 13.2 Å². The van der Waals surface area contributed by atoms with E-state index in [-0.39, 0.29) is 5.56 Å². The van der Waals surface area contributed by atoms with Crippen molar-refractivity contribution in [3.63, 3.8) is 0 Å². The summed E-state index contributed by atoms with van der Waals surface area (Å²) in [6.07, 6.45) is -3.75. The molecule has 2 nitrogen and oxygen atoms in total. The molecule has 1 aliphatic heterocycles. The minimum atomic E-state index is -4.54. The fraction of sp³-hybridized carbons (Fsp3) is 0.500. The maximum Gasteiger partial charge on any atom is 0.416 e. The Morgan fingerprint density at radius 1 is 1.17 bits per heavy atom. The Morgan fingerprint density at radius 2 is 1.78 bits per heavy atom. The summed E-state index contributed by atoms with van der Waals surface area (Å²) in [6.45, 7) is 0.772. The Kier molecular flexibility index (Phi) is 3.33. The molecule has 100 valence electrons. The SMILES string of the molecule is NC1(c2ccc(C(F)(F)F)cc2F)CCOCC1. The van der Waals surface area contributed by atoms with E-state index in [1.54, 1.807) is 0 Å². The number of ether oxygens (including phenoxy) is 1. The van der Waals surface area contributed by atoms with Crippen LogP contribution < -0.4 is 5.73 Å². The molecule has 1 aromatic carbocycles. The molecule has 2 rings (SSSR count). The van der Waals surface area contributed by atoms with Gasteiger partial charge in [-0.3, -0.25) is 0 Å². The number of hydrogen-bond donors (Lipinski definition) is 1. The molecule has 0 amide bonds. The largest absolute Gasteiger partial charge is 0.416 e. The lowest BCUT2D eigenvalue weighted by molar-refractivity contribution is -0.137. The highest BCUT2D eigenvalue weighted by molar-refractivity contribution is 5.31. The van der Waals surface area contributed by atoms with Crippen molar-refractivity contribution in [3.8, 4) is 0 Å². The van der Waals surface area contributed by atoms with Gasteiger partial charge in [0.05, 0.1) is 5.56 Å². The zero-order valence-electron chi connectivity index (χ0n) is 9.56. The fourth-order valence-corrected chi connectivity index (χ4v) is 2.10. The van der Waals surface area contributed by atoms with Gasteiger partial charge in [0, 0.05) is 24.3 Å². The Balaban J connectivity index is 2.35. The molecular formula is C12H13F4NO. The standard InChI is InChI=1S/C12H13F4NO/c13-10-7-8(12(14,15)16)1-2-9(10)11(17)3-5-18-6-4-11/h1-2,7H,3-6,17H2. The van der Waals surface area contributed by atoms with Crippen LogP contribution in [0.1, 0.15) is 24.0 Å². The first-order valence-electron chi connectivity index (χ1n) is 5.57. The van der Waals surface area contributed by atoms with Crippen molar-refractivity contribution in [1.82, 2.24) is 0 Å². The van der Waals surface area contributed by atoms with Gasteiger partial charge in [0.25, 0.3) is 0 Å². The molecular weight excluding hydrogens is 250 g/mol. The number of hydrogen-bond acceptors (Lipinski definition) is 2. The van der Waals surface area contributed by atoms with Crippen LogP contribution in [0.5, 0.6) is 0 Å². The quantitative estimate of drug-likeness (QED) is 0.791. The first-order chi connectivity index (χ1) is 8.33. The topological polar surface area (TPSA) is 35.2 Å². The Bertz CT molecular complexity index is 438. The van der Waals surface area contributed by atoms with E-state index in [9.17, 15) is 17.6 Å². The molecule has 1 aromatic rings. The van der Waals surface area contributed by atoms with E-state index in [1.807, 2.05) is 0 Å². The van der Waals surface area contributed by atoms with Crippen molar-refractivity contribution in [2.45, 2.75) is 24.6 Å². The lowest BCUT2D eigenvalue weighted by Gasteiger charge is -2.34. The maximum atomic E-state index is 13.8. The van der Waals surface area contributed by atoms with Gasteiger partial charge in [-0.15, -0.1) is 0 Å². The van der Waals surface area contributed by atoms with Crippen LogP contribution in [0.3, 0.4) is 0 Å². The van der Waals surface area contributed by atoms with Crippen LogP contribution in [0.4, 0.5) is 17.6 Å². The summed E-state index contributed by atoms with van der Waals surface area (Å²) in [5.74, 6) is -0.908. The summed E-state index contributed by atoms with van der Waals surface area (Å²) in [5.41, 5.74) is 4.22. The van der Waals surface area contributed by atoms with E-state index in [0.29, 0.717) is 32.1 Å². The minimum absolute atomic E-state index is 0.124. The normalized spacial score (nSPS) is 19.8. The summed E-state index contributed by atoms with van der Waals surface area (Å²) >= 11 is 0. The molecule has 0 radical (unpaired) electrons. The molecule has 0 aliphatic carbocycles. The van der Waals surface area contributed by atoms with Gasteiger partial charge in [-0.05, 0) is 25.0 Å². The third-order valence-corrected chi connectivity index (χ3v) is 3.22. The van der Waals surface area contributed by atoms with Crippen molar-refractivity contribution in [1.29, 1.82) is 0 Å². The zero-order valence-corrected chi connectivity index (χ0v) is 9.56. The molecule has 0 spiro atoms. The summed E-state index contributed by atoms with van der Waals surface area (Å²) in [6, 6.07) is 2.49. The molecule has 0 bridgehead atoms. The summed E-state index contributed by atoms with van der Waals surface area (Å²) in [4.78, 5) is 0. The maximum absolute atomic E-state index is 13.8. The number of halogens is 4. The van der Waals surface area contributed by atoms with Gasteiger partial charge >= 0.3 is 6.18 Å². The lowest BCUT2D eigenvalue weighted by atomic mass is 9.83. The van der Waals surface area contributed by atoms with Crippen LogP contribution in [-0.2, 0) is 16.5 Å². The number of alkyl halides is 3. The second-order valence-corrected chi connectivity index (χ2v) is 4.46. The van der Waals surface area contributed by atoms with E-state index >= 15 is 0 Å². The number of benzene rings is 1. The summed E-state index contributed by atoms with van der Waals surface area (Å²) < 4.78 is 56.2. The zero-order chi connectivity index (χ0) is 13.4. The molecule has 2 N–H and O–H groups in total. The number of nitrogens with two attached hydrogens (primary N) is 1. The second kappa shape index (κ2) is 4.51. The van der Waals surface area contributed by atoms with Gasteiger partial charge in [-0.1, -0.05) is 6.07 Å². The second-order valence-electron chi connectivity index (χ2n) is 4.46. The van der Waals surface area contributed by atoms with E-state index in [0.717, 1.165) is 12.1 Å². The van der Waals surface area contributed by atoms with Crippen molar-refractivity contribution >= 4 is 0 Å². The molecule has 1 saturated heterocycles. The Hall–Kier alpha value is -1.14. The first kappa shape index (κ1) is 13.3. The van der Waals surface area contributed by atoms with Crippen molar-refractivity contribution < 1.29 is 22.3 Å². The van der Waals surface area contributed by atoms with Crippen LogP contribution in [0, 0.1) is 5.82 Å². The minimum Gasteiger partial charge on any atom is -0.381 e. The highest BCUT2D eigenvalue weighted by Gasteiger charge is 2.35. The lowest BCUT2D eigenvalue weighted by Crippen LogP contribution is -2.42. The van der Waals surface area contributed by atoms with Crippen LogP contribution in [0.15, 0.2) is 18.2 Å². The Morgan fingerprint density at radius 3 is 2.28 bits per heavy atom. The monoisotopic (exact) mass is 263 g/mol. The molecule has 0 atom stereocenters.